The molecule has 364 valence electrons. The molecule has 13 heteroatoms. The van der Waals surface area contributed by atoms with Gasteiger partial charge in [0.2, 0.25) is 5.79 Å². The Kier molecular flexibility index (Phi) is 17.8. The van der Waals surface area contributed by atoms with E-state index in [9.17, 15) is 29.4 Å². The lowest BCUT2D eigenvalue weighted by atomic mass is 9.81. The number of rotatable bonds is 8. The third-order valence-corrected chi connectivity index (χ3v) is 14.9. The standard InChI is InChI=1S/C53H75NO12/c1-10-37-24-31(2)23-32(3)25-46(62-8)49-47(63-9)27-34(5)53(60,66-49)50(57)51(58)54-22-14-13-17-41(54)52(59)65-48(35(6)42(55)30-43(37)56)33(4)26-36-18-21-44(45(28-36)61-7)64-40-20-19-38-15-11-12-16-39(38)29-40/h11-12,15-16,19-20,24,26,29,32,34-37,41-42,44-49,55,60H,10,13-14,17-18,21-23,25,27-28,30H2,1-9H3. The van der Waals surface area contributed by atoms with Crippen molar-refractivity contribution < 1.29 is 57.8 Å². The number of piperidine rings is 1. The lowest BCUT2D eigenvalue weighted by molar-refractivity contribution is -0.302. The zero-order valence-electron chi connectivity index (χ0n) is 40.6. The average molecular weight is 918 g/mol. The number of ketones is 2. The van der Waals surface area contributed by atoms with Crippen LogP contribution in [0.15, 0.2) is 65.8 Å². The maximum absolute atomic E-state index is 14.5. The van der Waals surface area contributed by atoms with Crippen molar-refractivity contribution in [2.75, 3.05) is 27.9 Å². The maximum atomic E-state index is 14.5. The second-order valence-corrected chi connectivity index (χ2v) is 19.8. The Hall–Kier alpha value is -3.98. The number of carbonyl (C=O) groups is 4. The molecule has 1 saturated carbocycles. The Morgan fingerprint density at radius 1 is 0.864 bits per heavy atom. The molecule has 0 aromatic heterocycles. The van der Waals surface area contributed by atoms with Crippen molar-refractivity contribution in [2.45, 2.75) is 167 Å². The smallest absolute Gasteiger partial charge is 0.329 e. The SMILES string of the molecule is CCC1C=C(C)CC(C)CC(OC)C2OC(O)(C(=O)C(=O)N3CCCCC3C(=O)OC(C(C)=CC3CCC(Oc4ccc5ccccc5c4)C(OC)C3)C(C)C(O)CC1=O)C(C)CC2OC. The number of fused-ring (bicyclic) bond motifs is 4. The summed E-state index contributed by atoms with van der Waals surface area (Å²) in [5.41, 5.74) is 1.69. The fourth-order valence-electron chi connectivity index (χ4n) is 10.9. The second-order valence-electron chi connectivity index (χ2n) is 19.8. The van der Waals surface area contributed by atoms with Crippen LogP contribution in [0.5, 0.6) is 5.75 Å². The van der Waals surface area contributed by atoms with Crippen LogP contribution in [0.1, 0.15) is 112 Å². The Morgan fingerprint density at radius 3 is 2.26 bits per heavy atom. The zero-order valence-corrected chi connectivity index (χ0v) is 40.6. The molecule has 6 rings (SSSR count). The van der Waals surface area contributed by atoms with Gasteiger partial charge in [-0.2, -0.15) is 0 Å². The predicted octanol–water partition coefficient (Wildman–Crippen LogP) is 7.71. The molecule has 3 heterocycles. The highest BCUT2D eigenvalue weighted by molar-refractivity contribution is 6.39. The van der Waals surface area contributed by atoms with E-state index in [4.69, 9.17) is 28.4 Å². The van der Waals surface area contributed by atoms with Gasteiger partial charge in [0.05, 0.1) is 24.4 Å². The predicted molar refractivity (Wildman–Crippen MR) is 250 cm³/mol. The molecule has 2 aromatic carbocycles. The van der Waals surface area contributed by atoms with Crippen LogP contribution >= 0.6 is 0 Å². The van der Waals surface area contributed by atoms with E-state index in [1.807, 2.05) is 57.2 Å². The van der Waals surface area contributed by atoms with Gasteiger partial charge < -0.3 is 43.5 Å². The minimum Gasteiger partial charge on any atom is -0.488 e. The van der Waals surface area contributed by atoms with Crippen LogP contribution in [-0.2, 0) is 42.9 Å². The molecule has 2 aromatic rings. The summed E-state index contributed by atoms with van der Waals surface area (Å²) in [5, 5.41) is 26.2. The molecule has 2 N–H and O–H groups in total. The molecule has 0 spiro atoms. The minimum atomic E-state index is -2.51. The van der Waals surface area contributed by atoms with Crippen molar-refractivity contribution in [3.05, 3.63) is 65.8 Å². The largest absolute Gasteiger partial charge is 0.488 e. The van der Waals surface area contributed by atoms with Gasteiger partial charge in [-0.3, -0.25) is 14.4 Å². The first-order valence-electron chi connectivity index (χ1n) is 24.3. The molecular weight excluding hydrogens is 843 g/mol. The zero-order chi connectivity index (χ0) is 47.9. The van der Waals surface area contributed by atoms with Crippen LogP contribution in [0.25, 0.3) is 10.8 Å². The number of carbonyl (C=O) groups excluding carboxylic acids is 4. The van der Waals surface area contributed by atoms with Crippen LogP contribution in [0, 0.1) is 29.6 Å². The molecule has 2 saturated heterocycles. The summed E-state index contributed by atoms with van der Waals surface area (Å²) < 4.78 is 37.0. The highest BCUT2D eigenvalue weighted by atomic mass is 16.7. The first-order chi connectivity index (χ1) is 31.5. The van der Waals surface area contributed by atoms with Crippen molar-refractivity contribution in [3.8, 4) is 5.75 Å². The Balaban J connectivity index is 1.30. The summed E-state index contributed by atoms with van der Waals surface area (Å²) in [6, 6.07) is 13.1. The normalized spacial score (nSPS) is 36.2. The maximum Gasteiger partial charge on any atom is 0.329 e. The molecule has 14 unspecified atom stereocenters. The lowest BCUT2D eigenvalue weighted by Gasteiger charge is -2.47. The number of amides is 1. The van der Waals surface area contributed by atoms with E-state index in [-0.39, 0.29) is 55.6 Å². The first-order valence-corrected chi connectivity index (χ1v) is 24.3. The number of nitrogens with zero attached hydrogens (tertiary/aromatic N) is 1. The highest BCUT2D eigenvalue weighted by Gasteiger charge is 2.56. The van der Waals surface area contributed by atoms with E-state index in [0.29, 0.717) is 50.5 Å². The number of hydrogen-bond acceptors (Lipinski definition) is 12. The molecule has 14 atom stereocenters. The molecule has 4 aliphatic rings. The highest BCUT2D eigenvalue weighted by Crippen LogP contribution is 2.40. The van der Waals surface area contributed by atoms with E-state index < -0.39 is 77.8 Å². The van der Waals surface area contributed by atoms with Crippen LogP contribution in [0.3, 0.4) is 0 Å². The van der Waals surface area contributed by atoms with Crippen LogP contribution in [0.4, 0.5) is 0 Å². The minimum absolute atomic E-state index is 0.0176. The number of aliphatic hydroxyl groups is 2. The first kappa shape index (κ1) is 51.4. The summed E-state index contributed by atoms with van der Waals surface area (Å²) in [6.07, 6.45) is 4.65. The number of ether oxygens (including phenoxy) is 6. The van der Waals surface area contributed by atoms with Crippen molar-refractivity contribution >= 4 is 34.2 Å². The number of allylic oxidation sites excluding steroid dienone is 3. The molecule has 3 fully saturated rings. The van der Waals surface area contributed by atoms with E-state index in [0.717, 1.165) is 28.5 Å². The number of aliphatic hydroxyl groups excluding tert-OH is 1. The van der Waals surface area contributed by atoms with Crippen molar-refractivity contribution in [2.24, 2.45) is 29.6 Å². The summed E-state index contributed by atoms with van der Waals surface area (Å²) in [6.45, 7) is 11.4. The summed E-state index contributed by atoms with van der Waals surface area (Å²) in [5.74, 6) is -6.70. The van der Waals surface area contributed by atoms with Gasteiger partial charge in [0.15, 0.2) is 0 Å². The van der Waals surface area contributed by atoms with E-state index in [2.05, 4.69) is 25.1 Å². The van der Waals surface area contributed by atoms with Crippen LogP contribution < -0.4 is 4.74 Å². The van der Waals surface area contributed by atoms with Crippen molar-refractivity contribution in [1.29, 1.82) is 0 Å². The van der Waals surface area contributed by atoms with Gasteiger partial charge in [-0.05, 0) is 118 Å². The van der Waals surface area contributed by atoms with E-state index in [1.54, 1.807) is 28.1 Å². The van der Waals surface area contributed by atoms with Gasteiger partial charge in [0.25, 0.3) is 11.7 Å². The molecule has 1 aliphatic carbocycles. The fourth-order valence-corrected chi connectivity index (χ4v) is 10.9. The number of cyclic esters (lactones) is 1. The molecule has 0 radical (unpaired) electrons. The van der Waals surface area contributed by atoms with Crippen LogP contribution in [-0.4, -0.2) is 121 Å². The van der Waals surface area contributed by atoms with Gasteiger partial charge >= 0.3 is 5.97 Å². The number of esters is 1. The summed E-state index contributed by atoms with van der Waals surface area (Å²) >= 11 is 0. The molecule has 13 nitrogen and oxygen atoms in total. The van der Waals surface area contributed by atoms with Gasteiger partial charge in [-0.15, -0.1) is 0 Å². The third-order valence-electron chi connectivity index (χ3n) is 14.9. The molecule has 3 aliphatic heterocycles. The molecule has 2 bridgehead atoms. The van der Waals surface area contributed by atoms with Crippen molar-refractivity contribution in [3.63, 3.8) is 0 Å². The van der Waals surface area contributed by atoms with E-state index >= 15 is 0 Å². The average Bonchev–Trinajstić information content (AvgIpc) is 3.31. The lowest BCUT2D eigenvalue weighted by Crippen LogP contribution is -2.64. The Labute approximate surface area is 391 Å². The van der Waals surface area contributed by atoms with Gasteiger partial charge in [0, 0.05) is 52.0 Å². The van der Waals surface area contributed by atoms with Crippen LogP contribution in [0.2, 0.25) is 0 Å². The number of hydrogen-bond donors (Lipinski definition) is 2. The topological polar surface area (TPSA) is 167 Å². The summed E-state index contributed by atoms with van der Waals surface area (Å²) in [4.78, 5) is 58.5. The molecule has 1 amide bonds. The summed E-state index contributed by atoms with van der Waals surface area (Å²) in [7, 11) is 4.76. The number of methoxy groups -OCH3 is 3. The fraction of sp³-hybridized carbons (Fsp3) is 0.660. The Morgan fingerprint density at radius 2 is 1.56 bits per heavy atom. The second kappa shape index (κ2) is 22.9. The van der Waals surface area contributed by atoms with Crippen molar-refractivity contribution in [1.82, 2.24) is 4.90 Å². The monoisotopic (exact) mass is 918 g/mol. The number of benzene rings is 2. The third kappa shape index (κ3) is 11.8. The number of Topliss-reactive ketones (excluding diaryl/α,β-unsaturated/α-hetero) is 2. The van der Waals surface area contributed by atoms with Gasteiger partial charge in [0.1, 0.15) is 35.9 Å². The molecule has 66 heavy (non-hydrogen) atoms. The molecular formula is C53H75NO12. The van der Waals surface area contributed by atoms with E-state index in [1.165, 1.54) is 12.0 Å². The van der Waals surface area contributed by atoms with Gasteiger partial charge in [-0.25, -0.2) is 4.79 Å². The van der Waals surface area contributed by atoms with Gasteiger partial charge in [-0.1, -0.05) is 75.8 Å². The Bertz CT molecular complexity index is 2070. The quantitative estimate of drug-likeness (QED) is 0.151.